The van der Waals surface area contributed by atoms with Crippen molar-refractivity contribution in [2.45, 2.75) is 68.2 Å². The van der Waals surface area contributed by atoms with Gasteiger partial charge in [-0.15, -0.1) is 17.4 Å². The zero-order chi connectivity index (χ0) is 39.4. The summed E-state index contributed by atoms with van der Waals surface area (Å²) in [5.41, 5.74) is 6.80. The fraction of sp³-hybridized carbons (Fsp3) is 0.327. The molecule has 2 fully saturated rings. The van der Waals surface area contributed by atoms with Crippen LogP contribution in [-0.2, 0) is 26.2 Å². The van der Waals surface area contributed by atoms with Gasteiger partial charge >= 0.3 is 26.2 Å². The van der Waals surface area contributed by atoms with E-state index in [9.17, 15) is 0 Å². The third-order valence-electron chi connectivity index (χ3n) is 17.6. The Balaban J connectivity index is 0.000000314. The molecule has 6 aliphatic carbocycles. The molecule has 0 bridgehead atoms. The maximum absolute atomic E-state index is 2.83. The predicted octanol–water partition coefficient (Wildman–Crippen LogP) is 6.72. The number of hydrogen-bond donors (Lipinski definition) is 0. The second kappa shape index (κ2) is 15.7. The van der Waals surface area contributed by atoms with Gasteiger partial charge < -0.3 is 31.2 Å². The van der Waals surface area contributed by atoms with Crippen LogP contribution in [0.3, 0.4) is 0 Å². The Kier molecular flexibility index (Phi) is 12.1. The van der Waals surface area contributed by atoms with E-state index in [-0.39, 0.29) is 94.8 Å². The molecule has 299 valence electrons. The quantitative estimate of drug-likeness (QED) is 0.159. The van der Waals surface area contributed by atoms with E-state index in [0.29, 0.717) is 5.92 Å². The zero-order valence-electron chi connectivity index (χ0n) is 36.1. The van der Waals surface area contributed by atoms with Gasteiger partial charge in [0.15, 0.2) is 0 Å². The van der Waals surface area contributed by atoms with Gasteiger partial charge in [0, 0.05) is 16.7 Å². The summed E-state index contributed by atoms with van der Waals surface area (Å²) >= 11 is 0. The van der Waals surface area contributed by atoms with Gasteiger partial charge in [-0.1, -0.05) is 233 Å². The van der Waals surface area contributed by atoms with Crippen LogP contribution in [0.5, 0.6) is 0 Å². The summed E-state index contributed by atoms with van der Waals surface area (Å²) in [6.07, 6.45) is 30.0. The standard InChI is InChI=1S/C43H47.C12H10Si.2ClH.Zr/c1-28-26-34-32-19-11-10-17-30(32)21-22-33(34)36(28)35-20-15-25-38(4)37(3)23-12-13-24-39(37,5)43(9)40(6,42(35,38)8)27-31-18-14-16-29(2)41(31,43)7;1-3-7-11(8-4-1)13-12-9-5-2-6-10-12;;;/h10-27,31,36H,1-9H3;1-10H;2*1H;/q-1;;;;+3/p-2. The summed E-state index contributed by atoms with van der Waals surface area (Å²) in [4.78, 5) is 0. The fourth-order valence-electron chi connectivity index (χ4n) is 13.7. The average molecular weight is 908 g/mol. The number of allylic oxidation sites excluding steroid dienone is 13. The van der Waals surface area contributed by atoms with Gasteiger partial charge in [0.2, 0.25) is 0 Å². The van der Waals surface area contributed by atoms with Crippen LogP contribution in [0, 0.1) is 50.2 Å². The number of halogens is 2. The Morgan fingerprint density at radius 1 is 0.593 bits per heavy atom. The molecule has 0 aromatic heterocycles. The molecule has 0 nitrogen and oxygen atoms in total. The first-order valence-corrected chi connectivity index (χ1v) is 21.8. The maximum Gasteiger partial charge on any atom is 3.00 e. The van der Waals surface area contributed by atoms with Gasteiger partial charge in [0.1, 0.15) is 9.52 Å². The third kappa shape index (κ3) is 5.67. The molecule has 3 radical (unpaired) electrons. The van der Waals surface area contributed by atoms with Crippen molar-refractivity contribution in [2.75, 3.05) is 0 Å². The molecule has 0 heterocycles. The topological polar surface area (TPSA) is 0 Å². The Morgan fingerprint density at radius 3 is 1.81 bits per heavy atom. The van der Waals surface area contributed by atoms with E-state index in [1.54, 1.807) is 5.57 Å². The second-order valence-electron chi connectivity index (χ2n) is 18.9. The van der Waals surface area contributed by atoms with Crippen molar-refractivity contribution in [3.63, 3.8) is 0 Å². The molecule has 0 N–H and O–H groups in total. The molecule has 59 heavy (non-hydrogen) atoms. The number of hydrogen-bond acceptors (Lipinski definition) is 0. The summed E-state index contributed by atoms with van der Waals surface area (Å²) in [6.45, 7) is 23.2. The molecule has 4 aromatic carbocycles. The molecule has 0 amide bonds. The van der Waals surface area contributed by atoms with E-state index in [2.05, 4.69) is 233 Å². The molecule has 9 atom stereocenters. The van der Waals surface area contributed by atoms with Crippen molar-refractivity contribution < 1.29 is 51.0 Å². The number of benzene rings is 4. The molecule has 4 aromatic rings. The molecule has 4 heteroatoms. The minimum atomic E-state index is -0.158. The summed E-state index contributed by atoms with van der Waals surface area (Å²) < 4.78 is 0. The molecule has 0 saturated heterocycles. The van der Waals surface area contributed by atoms with Crippen LogP contribution in [0.1, 0.15) is 79.4 Å². The first kappa shape index (κ1) is 45.5. The second-order valence-corrected chi connectivity index (χ2v) is 20.3. The summed E-state index contributed by atoms with van der Waals surface area (Å²) in [6, 6.07) is 34.9. The molecular formula is C55H57Cl2SiZr. The van der Waals surface area contributed by atoms with Crippen LogP contribution in [0.25, 0.3) is 16.8 Å². The van der Waals surface area contributed by atoms with Crippen molar-refractivity contribution in [3.8, 4) is 0 Å². The Morgan fingerprint density at radius 2 is 1.17 bits per heavy atom. The van der Waals surface area contributed by atoms with Crippen molar-refractivity contribution in [2.24, 2.45) is 43.8 Å². The van der Waals surface area contributed by atoms with Crippen molar-refractivity contribution in [3.05, 3.63) is 192 Å². The van der Waals surface area contributed by atoms with Gasteiger partial charge in [-0.25, -0.2) is 0 Å². The SMILES string of the molecule is CC1=Cc2c(ccc3ccccc23)C1C1=CC=CC2(C)C3(C)C=CC=CC3(C)C3(C)C4(C)C(C)=CC=CC4[CH-]C3(C)C12C.[Cl-].[Cl-].[Zr+3].c1ccc([Si]c2ccccc2)cc1. The zero-order valence-corrected chi connectivity index (χ0v) is 41.0. The predicted molar refractivity (Wildman–Crippen MR) is 241 cm³/mol. The van der Waals surface area contributed by atoms with E-state index in [1.165, 1.54) is 43.4 Å². The van der Waals surface area contributed by atoms with E-state index < -0.39 is 0 Å². The molecule has 0 aliphatic heterocycles. The summed E-state index contributed by atoms with van der Waals surface area (Å²) in [5, 5.41) is 5.50. The normalized spacial score (nSPS) is 36.3. The fourth-order valence-corrected chi connectivity index (χ4v) is 14.8. The Bertz CT molecular complexity index is 2440. The molecule has 0 spiro atoms. The molecule has 6 aliphatic rings. The van der Waals surface area contributed by atoms with Gasteiger partial charge in [0.05, 0.1) is 0 Å². The summed E-state index contributed by atoms with van der Waals surface area (Å²) in [5.74, 6) is 0.651. The largest absolute Gasteiger partial charge is 3.00 e. The molecule has 2 saturated carbocycles. The third-order valence-corrected chi connectivity index (χ3v) is 18.8. The maximum atomic E-state index is 2.83. The van der Waals surface area contributed by atoms with Crippen LogP contribution in [-0.4, -0.2) is 9.52 Å². The van der Waals surface area contributed by atoms with Gasteiger partial charge in [-0.05, 0) is 57.4 Å². The molecular weight excluding hydrogens is 851 g/mol. The number of fused-ring (bicyclic) bond motifs is 11. The van der Waals surface area contributed by atoms with Crippen LogP contribution in [0.4, 0.5) is 0 Å². The number of rotatable bonds is 3. The minimum absolute atomic E-state index is 0. The van der Waals surface area contributed by atoms with Crippen LogP contribution >= 0.6 is 0 Å². The average Bonchev–Trinajstić information content (AvgIpc) is 3.64. The van der Waals surface area contributed by atoms with Crippen LogP contribution in [0.2, 0.25) is 0 Å². The first-order chi connectivity index (χ1) is 26.7. The summed E-state index contributed by atoms with van der Waals surface area (Å²) in [7, 11) is 0.777. The van der Waals surface area contributed by atoms with Crippen LogP contribution in [0.15, 0.2) is 175 Å². The minimum Gasteiger partial charge on any atom is -1.00 e. The van der Waals surface area contributed by atoms with Crippen molar-refractivity contribution in [1.29, 1.82) is 0 Å². The van der Waals surface area contributed by atoms with Gasteiger partial charge in [-0.3, -0.25) is 0 Å². The van der Waals surface area contributed by atoms with E-state index in [0.717, 1.165) is 9.52 Å². The Labute approximate surface area is 389 Å². The monoisotopic (exact) mass is 905 g/mol. The molecule has 9 unspecified atom stereocenters. The molecule has 10 rings (SSSR count). The Hall–Kier alpha value is -3.00. The van der Waals surface area contributed by atoms with Gasteiger partial charge in [-0.2, -0.15) is 0 Å². The van der Waals surface area contributed by atoms with Crippen molar-refractivity contribution in [1.82, 2.24) is 0 Å². The van der Waals surface area contributed by atoms with E-state index in [1.807, 2.05) is 0 Å². The smallest absolute Gasteiger partial charge is 1.00 e. The van der Waals surface area contributed by atoms with Crippen LogP contribution < -0.4 is 35.2 Å². The first-order valence-electron chi connectivity index (χ1n) is 20.8. The van der Waals surface area contributed by atoms with E-state index >= 15 is 0 Å². The van der Waals surface area contributed by atoms with Gasteiger partial charge in [0.25, 0.3) is 0 Å². The van der Waals surface area contributed by atoms with Crippen molar-refractivity contribution >= 4 is 36.7 Å². The van der Waals surface area contributed by atoms with E-state index in [4.69, 9.17) is 0 Å².